The molecule has 1 heterocycles. The number of nitrogens with zero attached hydrogens (tertiary/aromatic N) is 1. The molecule has 0 aliphatic carbocycles. The van der Waals surface area contributed by atoms with Crippen molar-refractivity contribution >= 4 is 33.9 Å². The number of para-hydroxylation sites is 1. The van der Waals surface area contributed by atoms with Crippen LogP contribution in [0.2, 0.25) is 0 Å². The van der Waals surface area contributed by atoms with Gasteiger partial charge in [0, 0.05) is 23.6 Å². The van der Waals surface area contributed by atoms with Crippen LogP contribution < -0.4 is 11.1 Å². The molecular formula is C15H19N3OS. The summed E-state index contributed by atoms with van der Waals surface area (Å²) in [5, 5.41) is 4.29. The minimum Gasteiger partial charge on any atom is -0.389 e. The largest absolute Gasteiger partial charge is 0.389 e. The molecule has 106 valence electrons. The Morgan fingerprint density at radius 3 is 2.90 bits per heavy atom. The van der Waals surface area contributed by atoms with Crippen molar-refractivity contribution in [3.05, 3.63) is 35.9 Å². The summed E-state index contributed by atoms with van der Waals surface area (Å²) in [5.74, 6) is 0.763. The molecule has 2 aromatic rings. The van der Waals surface area contributed by atoms with Crippen molar-refractivity contribution in [2.24, 2.45) is 5.73 Å². The van der Waals surface area contributed by atoms with Crippen LogP contribution in [0.4, 0.5) is 5.82 Å². The number of thiocarbonyl (C=S) groups is 1. The highest BCUT2D eigenvalue weighted by Crippen LogP contribution is 2.21. The van der Waals surface area contributed by atoms with Crippen LogP contribution in [0.3, 0.4) is 0 Å². The van der Waals surface area contributed by atoms with Crippen molar-refractivity contribution in [3.63, 3.8) is 0 Å². The summed E-state index contributed by atoms with van der Waals surface area (Å²) in [6.07, 6.45) is 0. The Balaban J connectivity index is 2.32. The Labute approximate surface area is 124 Å². The Hall–Kier alpha value is -1.72. The van der Waals surface area contributed by atoms with Crippen molar-refractivity contribution in [2.45, 2.75) is 19.9 Å². The molecule has 0 saturated carbocycles. The average Bonchev–Trinajstić information content (AvgIpc) is 2.44. The van der Waals surface area contributed by atoms with Gasteiger partial charge in [-0.3, -0.25) is 0 Å². The number of nitrogens with two attached hydrogens (primary N) is 1. The summed E-state index contributed by atoms with van der Waals surface area (Å²) in [6, 6.07) is 9.90. The first-order valence-electron chi connectivity index (χ1n) is 6.65. The number of pyridine rings is 1. The van der Waals surface area contributed by atoms with E-state index < -0.39 is 0 Å². The number of aromatic nitrogens is 1. The van der Waals surface area contributed by atoms with Crippen LogP contribution in [0.1, 0.15) is 19.4 Å². The molecule has 3 N–H and O–H groups in total. The number of hydrogen-bond donors (Lipinski definition) is 2. The third-order valence-corrected chi connectivity index (χ3v) is 3.17. The van der Waals surface area contributed by atoms with Gasteiger partial charge in [-0.15, -0.1) is 0 Å². The normalized spacial score (nSPS) is 12.3. The van der Waals surface area contributed by atoms with Crippen molar-refractivity contribution in [1.29, 1.82) is 0 Å². The molecule has 1 aromatic heterocycles. The molecular weight excluding hydrogens is 270 g/mol. The van der Waals surface area contributed by atoms with Crippen LogP contribution in [-0.2, 0) is 4.74 Å². The molecule has 20 heavy (non-hydrogen) atoms. The summed E-state index contributed by atoms with van der Waals surface area (Å²) in [7, 11) is 0. The molecule has 0 bridgehead atoms. The monoisotopic (exact) mass is 289 g/mol. The summed E-state index contributed by atoms with van der Waals surface area (Å²) in [5.41, 5.74) is 7.53. The Kier molecular flexibility index (Phi) is 4.87. The Morgan fingerprint density at radius 2 is 2.20 bits per heavy atom. The van der Waals surface area contributed by atoms with Gasteiger partial charge in [0.1, 0.15) is 10.8 Å². The minimum atomic E-state index is 0.169. The fraction of sp³-hybridized carbons (Fsp3) is 0.333. The third kappa shape index (κ3) is 3.43. The maximum Gasteiger partial charge on any atom is 0.127 e. The highest BCUT2D eigenvalue weighted by Gasteiger charge is 2.09. The van der Waals surface area contributed by atoms with E-state index in [0.29, 0.717) is 18.2 Å². The number of benzene rings is 1. The molecule has 2 rings (SSSR count). The highest BCUT2D eigenvalue weighted by atomic mass is 32.1. The molecule has 0 saturated heterocycles. The van der Waals surface area contributed by atoms with Gasteiger partial charge in [0.05, 0.1) is 12.1 Å². The van der Waals surface area contributed by atoms with Crippen LogP contribution in [0.5, 0.6) is 0 Å². The van der Waals surface area contributed by atoms with Crippen molar-refractivity contribution in [2.75, 3.05) is 18.5 Å². The van der Waals surface area contributed by atoms with Crippen LogP contribution in [0.25, 0.3) is 10.9 Å². The second kappa shape index (κ2) is 6.63. The smallest absolute Gasteiger partial charge is 0.127 e. The SMILES string of the molecule is CCOCC(C)Nc1cc(C(N)=S)c2ccccc2n1. The van der Waals surface area contributed by atoms with Crippen LogP contribution >= 0.6 is 12.2 Å². The lowest BCUT2D eigenvalue weighted by Gasteiger charge is -2.16. The van der Waals surface area contributed by atoms with Crippen molar-refractivity contribution in [1.82, 2.24) is 4.98 Å². The lowest BCUT2D eigenvalue weighted by atomic mass is 10.1. The van der Waals surface area contributed by atoms with Gasteiger partial charge in [-0.25, -0.2) is 4.98 Å². The molecule has 0 aliphatic rings. The topological polar surface area (TPSA) is 60.2 Å². The molecule has 0 radical (unpaired) electrons. The van der Waals surface area contributed by atoms with E-state index in [4.69, 9.17) is 22.7 Å². The minimum absolute atomic E-state index is 0.169. The van der Waals surface area contributed by atoms with E-state index in [2.05, 4.69) is 10.3 Å². The van der Waals surface area contributed by atoms with E-state index in [9.17, 15) is 0 Å². The summed E-state index contributed by atoms with van der Waals surface area (Å²) < 4.78 is 5.39. The predicted molar refractivity (Wildman–Crippen MR) is 87.2 cm³/mol. The van der Waals surface area contributed by atoms with E-state index in [0.717, 1.165) is 22.3 Å². The van der Waals surface area contributed by atoms with Crippen molar-refractivity contribution in [3.8, 4) is 0 Å². The van der Waals surface area contributed by atoms with E-state index in [-0.39, 0.29) is 6.04 Å². The Morgan fingerprint density at radius 1 is 1.45 bits per heavy atom. The molecule has 0 aliphatic heterocycles. The maximum absolute atomic E-state index is 5.81. The number of anilines is 1. The van der Waals surface area contributed by atoms with Gasteiger partial charge in [-0.2, -0.15) is 0 Å². The van der Waals surface area contributed by atoms with E-state index >= 15 is 0 Å². The average molecular weight is 289 g/mol. The standard InChI is InChI=1S/C15H19N3OS/c1-3-19-9-10(2)17-14-8-12(15(16)20)11-6-4-5-7-13(11)18-14/h4-8,10H,3,9H2,1-2H3,(H2,16,20)(H,17,18). The quantitative estimate of drug-likeness (QED) is 0.801. The fourth-order valence-corrected chi connectivity index (χ4v) is 2.21. The van der Waals surface area contributed by atoms with Gasteiger partial charge in [-0.05, 0) is 26.0 Å². The molecule has 0 spiro atoms. The number of ether oxygens (including phenoxy) is 1. The van der Waals surface area contributed by atoms with Gasteiger partial charge in [0.2, 0.25) is 0 Å². The maximum atomic E-state index is 5.81. The van der Waals surface area contributed by atoms with E-state index in [1.165, 1.54) is 0 Å². The van der Waals surface area contributed by atoms with E-state index in [1.807, 2.05) is 44.2 Å². The fourth-order valence-electron chi connectivity index (χ4n) is 2.04. The number of rotatable bonds is 6. The summed E-state index contributed by atoms with van der Waals surface area (Å²) in [4.78, 5) is 4.96. The zero-order valence-electron chi connectivity index (χ0n) is 11.7. The zero-order valence-corrected chi connectivity index (χ0v) is 12.5. The first kappa shape index (κ1) is 14.7. The predicted octanol–water partition coefficient (Wildman–Crippen LogP) is 2.71. The van der Waals surface area contributed by atoms with Gasteiger partial charge in [0.15, 0.2) is 0 Å². The van der Waals surface area contributed by atoms with Gasteiger partial charge in [0.25, 0.3) is 0 Å². The third-order valence-electron chi connectivity index (χ3n) is 2.95. The molecule has 1 aromatic carbocycles. The van der Waals surface area contributed by atoms with E-state index in [1.54, 1.807) is 0 Å². The molecule has 5 heteroatoms. The lowest BCUT2D eigenvalue weighted by Crippen LogP contribution is -2.23. The highest BCUT2D eigenvalue weighted by molar-refractivity contribution is 7.80. The second-order valence-electron chi connectivity index (χ2n) is 4.64. The second-order valence-corrected chi connectivity index (χ2v) is 5.08. The first-order valence-corrected chi connectivity index (χ1v) is 7.06. The van der Waals surface area contributed by atoms with Gasteiger partial charge < -0.3 is 15.8 Å². The summed E-state index contributed by atoms with van der Waals surface area (Å²) >= 11 is 5.13. The van der Waals surface area contributed by atoms with Crippen LogP contribution in [0, 0.1) is 0 Å². The molecule has 1 unspecified atom stereocenters. The molecule has 4 nitrogen and oxygen atoms in total. The number of fused-ring (bicyclic) bond motifs is 1. The van der Waals surface area contributed by atoms with Crippen molar-refractivity contribution < 1.29 is 4.74 Å². The molecule has 0 amide bonds. The number of hydrogen-bond acceptors (Lipinski definition) is 4. The molecule has 0 fully saturated rings. The molecule has 1 atom stereocenters. The zero-order chi connectivity index (χ0) is 14.5. The summed E-state index contributed by atoms with van der Waals surface area (Å²) in [6.45, 7) is 5.36. The van der Waals surface area contributed by atoms with Gasteiger partial charge in [-0.1, -0.05) is 30.4 Å². The van der Waals surface area contributed by atoms with Crippen LogP contribution in [-0.4, -0.2) is 29.2 Å². The van der Waals surface area contributed by atoms with Crippen LogP contribution in [0.15, 0.2) is 30.3 Å². The number of nitrogens with one attached hydrogen (secondary N) is 1. The lowest BCUT2D eigenvalue weighted by molar-refractivity contribution is 0.141. The van der Waals surface area contributed by atoms with Gasteiger partial charge >= 0.3 is 0 Å². The first-order chi connectivity index (χ1) is 9.61. The Bertz CT molecular complexity index is 615.